The molecule has 0 saturated carbocycles. The van der Waals surface area contributed by atoms with E-state index in [2.05, 4.69) is 15.8 Å². The first-order valence-corrected chi connectivity index (χ1v) is 11.0. The lowest BCUT2D eigenvalue weighted by atomic mass is 10.3. The number of nitrogens with zero attached hydrogens (tertiary/aromatic N) is 2. The quantitative estimate of drug-likeness (QED) is 0.311. The van der Waals surface area contributed by atoms with E-state index in [1.807, 2.05) is 6.26 Å². The van der Waals surface area contributed by atoms with Crippen LogP contribution < -0.4 is 10.7 Å². The Hall–Kier alpha value is -1.20. The van der Waals surface area contributed by atoms with Gasteiger partial charge >= 0.3 is 0 Å². The van der Waals surface area contributed by atoms with Gasteiger partial charge in [-0.1, -0.05) is 0 Å². The van der Waals surface area contributed by atoms with Crippen molar-refractivity contribution < 1.29 is 13.2 Å². The van der Waals surface area contributed by atoms with Crippen molar-refractivity contribution in [2.45, 2.75) is 11.3 Å². The zero-order chi connectivity index (χ0) is 18.1. The van der Waals surface area contributed by atoms with Crippen LogP contribution in [0.5, 0.6) is 0 Å². The van der Waals surface area contributed by atoms with Gasteiger partial charge < -0.3 is 10.1 Å². The Morgan fingerprint density at radius 2 is 2.04 bits per heavy atom. The van der Waals surface area contributed by atoms with E-state index in [1.54, 1.807) is 42.2 Å². The molecule has 10 heteroatoms. The van der Waals surface area contributed by atoms with Gasteiger partial charge in [0.25, 0.3) is 0 Å². The summed E-state index contributed by atoms with van der Waals surface area (Å²) in [7, 11) is -3.48. The third kappa shape index (κ3) is 6.23. The molecule has 0 amide bonds. The molecule has 1 aliphatic heterocycles. The van der Waals surface area contributed by atoms with Crippen LogP contribution in [0, 0.1) is 0 Å². The van der Waals surface area contributed by atoms with Crippen LogP contribution in [0.15, 0.2) is 34.3 Å². The molecule has 0 radical (unpaired) electrons. The lowest BCUT2D eigenvalue weighted by Gasteiger charge is -2.26. The van der Waals surface area contributed by atoms with Crippen molar-refractivity contribution in [1.29, 1.82) is 0 Å². The highest BCUT2D eigenvalue weighted by atomic mass is 32.2. The van der Waals surface area contributed by atoms with Crippen LogP contribution in [0.3, 0.4) is 0 Å². The lowest BCUT2D eigenvalue weighted by Crippen LogP contribution is -2.40. The molecule has 25 heavy (non-hydrogen) atoms. The molecule has 1 aliphatic rings. The van der Waals surface area contributed by atoms with Crippen LogP contribution in [0.25, 0.3) is 0 Å². The zero-order valence-corrected chi connectivity index (χ0v) is 16.4. The van der Waals surface area contributed by atoms with Crippen LogP contribution in [0.1, 0.15) is 6.42 Å². The number of ether oxygens (including phenoxy) is 1. The number of hydrazone groups is 1. The fourth-order valence-electron chi connectivity index (χ4n) is 2.14. The maximum absolute atomic E-state index is 12.5. The van der Waals surface area contributed by atoms with Gasteiger partial charge in [0.2, 0.25) is 10.0 Å². The van der Waals surface area contributed by atoms with Crippen molar-refractivity contribution in [1.82, 2.24) is 9.73 Å². The maximum Gasteiger partial charge on any atom is 0.243 e. The van der Waals surface area contributed by atoms with Crippen LogP contribution in [-0.2, 0) is 14.8 Å². The van der Waals surface area contributed by atoms with E-state index >= 15 is 0 Å². The van der Waals surface area contributed by atoms with E-state index in [1.165, 1.54) is 4.31 Å². The van der Waals surface area contributed by atoms with Crippen LogP contribution in [0.2, 0.25) is 0 Å². The maximum atomic E-state index is 12.5. The number of anilines is 1. The normalized spacial score (nSPS) is 16.0. The van der Waals surface area contributed by atoms with E-state index in [0.29, 0.717) is 37.1 Å². The lowest BCUT2D eigenvalue weighted by molar-refractivity contribution is 0.0730. The summed E-state index contributed by atoms with van der Waals surface area (Å²) in [5, 5.41) is 7.33. The second-order valence-corrected chi connectivity index (χ2v) is 8.53. The molecule has 2 rings (SSSR count). The minimum atomic E-state index is -3.48. The predicted molar refractivity (Wildman–Crippen MR) is 107 cm³/mol. The van der Waals surface area contributed by atoms with Crippen molar-refractivity contribution in [2.24, 2.45) is 5.10 Å². The minimum Gasteiger partial charge on any atom is -0.379 e. The first kappa shape index (κ1) is 20.1. The zero-order valence-electron chi connectivity index (χ0n) is 14.0. The molecule has 0 spiro atoms. The van der Waals surface area contributed by atoms with Gasteiger partial charge in [-0.15, -0.1) is 0 Å². The van der Waals surface area contributed by atoms with Gasteiger partial charge in [-0.05, 0) is 54.9 Å². The Labute approximate surface area is 158 Å². The molecule has 138 valence electrons. The molecule has 2 N–H and O–H groups in total. The van der Waals surface area contributed by atoms with Gasteiger partial charge in [-0.3, -0.25) is 5.43 Å². The molecule has 0 atom stereocenters. The van der Waals surface area contributed by atoms with E-state index < -0.39 is 10.0 Å². The van der Waals surface area contributed by atoms with E-state index in [0.717, 1.165) is 12.2 Å². The highest BCUT2D eigenvalue weighted by Gasteiger charge is 2.26. The smallest absolute Gasteiger partial charge is 0.243 e. The second kappa shape index (κ2) is 10.1. The third-order valence-corrected chi connectivity index (χ3v) is 6.18. The summed E-state index contributed by atoms with van der Waals surface area (Å²) in [6.07, 6.45) is 4.67. The molecule has 1 fully saturated rings. The van der Waals surface area contributed by atoms with Gasteiger partial charge in [-0.2, -0.15) is 21.2 Å². The molecule has 1 heterocycles. The monoisotopic (exact) mass is 402 g/mol. The molecular formula is C15H22N4O3S3. The number of hydrogen-bond donors (Lipinski definition) is 2. The number of sulfonamides is 1. The Bertz CT molecular complexity index is 686. The van der Waals surface area contributed by atoms with Gasteiger partial charge in [-0.25, -0.2) is 8.42 Å². The standard InChI is InChI=1S/C15H22N4O3S3/c1-24-12-2-7-16-18-15(23)17-13-3-5-14(6-4-13)25(20,21)19-8-10-22-11-9-19/h3-7H,2,8-12H2,1H3,(H2,17,18,23). The number of rotatable bonds is 7. The first-order chi connectivity index (χ1) is 12.0. The topological polar surface area (TPSA) is 83.0 Å². The Balaban J connectivity index is 1.91. The fourth-order valence-corrected chi connectivity index (χ4v) is 4.06. The van der Waals surface area contributed by atoms with Crippen molar-refractivity contribution in [2.75, 3.05) is 43.6 Å². The van der Waals surface area contributed by atoms with Gasteiger partial charge in [0, 0.05) is 25.0 Å². The molecular weight excluding hydrogens is 380 g/mol. The largest absolute Gasteiger partial charge is 0.379 e. The number of nitrogens with one attached hydrogen (secondary N) is 2. The number of morpholine rings is 1. The third-order valence-electron chi connectivity index (χ3n) is 3.43. The molecule has 0 aromatic heterocycles. The van der Waals surface area contributed by atoms with Crippen molar-refractivity contribution in [3.63, 3.8) is 0 Å². The minimum absolute atomic E-state index is 0.258. The van der Waals surface area contributed by atoms with E-state index in [4.69, 9.17) is 17.0 Å². The number of thiocarbonyl (C=S) groups is 1. The molecule has 0 bridgehead atoms. The SMILES string of the molecule is CSCCC=NNC(=S)Nc1ccc(S(=O)(=O)N2CCOCC2)cc1. The molecule has 7 nitrogen and oxygen atoms in total. The first-order valence-electron chi connectivity index (χ1n) is 7.79. The van der Waals surface area contributed by atoms with Crippen LogP contribution in [0.4, 0.5) is 5.69 Å². The summed E-state index contributed by atoms with van der Waals surface area (Å²) in [5.41, 5.74) is 3.42. The summed E-state index contributed by atoms with van der Waals surface area (Å²) in [6, 6.07) is 6.49. The summed E-state index contributed by atoms with van der Waals surface area (Å²) in [4.78, 5) is 0.258. The van der Waals surface area contributed by atoms with Gasteiger partial charge in [0.05, 0.1) is 18.1 Å². The predicted octanol–water partition coefficient (Wildman–Crippen LogP) is 1.73. The molecule has 0 aliphatic carbocycles. The molecule has 0 unspecified atom stereocenters. The van der Waals surface area contributed by atoms with E-state index in [9.17, 15) is 8.42 Å². The Kier molecular flexibility index (Phi) is 8.10. The second-order valence-electron chi connectivity index (χ2n) is 5.20. The summed E-state index contributed by atoms with van der Waals surface area (Å²) >= 11 is 6.89. The number of thioether (sulfide) groups is 1. The number of benzene rings is 1. The fraction of sp³-hybridized carbons (Fsp3) is 0.467. The van der Waals surface area contributed by atoms with Gasteiger partial charge in [0.1, 0.15) is 0 Å². The summed E-state index contributed by atoms with van der Waals surface area (Å²) < 4.78 is 31.7. The molecule has 1 aromatic carbocycles. The van der Waals surface area contributed by atoms with Crippen molar-refractivity contribution in [3.8, 4) is 0 Å². The average molecular weight is 403 g/mol. The molecule has 1 saturated heterocycles. The van der Waals surface area contributed by atoms with Crippen LogP contribution in [-0.4, -0.2) is 62.4 Å². The average Bonchev–Trinajstić information content (AvgIpc) is 2.63. The summed E-state index contributed by atoms with van der Waals surface area (Å²) in [5.74, 6) is 1.00. The van der Waals surface area contributed by atoms with Crippen LogP contribution >= 0.6 is 24.0 Å². The highest BCUT2D eigenvalue weighted by Crippen LogP contribution is 2.19. The van der Waals surface area contributed by atoms with Crippen molar-refractivity contribution >= 4 is 51.0 Å². The Morgan fingerprint density at radius 1 is 1.36 bits per heavy atom. The van der Waals surface area contributed by atoms with Crippen molar-refractivity contribution in [3.05, 3.63) is 24.3 Å². The molecule has 1 aromatic rings. The summed E-state index contributed by atoms with van der Waals surface area (Å²) in [6.45, 7) is 1.61. The van der Waals surface area contributed by atoms with E-state index in [-0.39, 0.29) is 4.90 Å². The Morgan fingerprint density at radius 3 is 2.68 bits per heavy atom. The highest BCUT2D eigenvalue weighted by molar-refractivity contribution is 7.98. The van der Waals surface area contributed by atoms with Gasteiger partial charge in [0.15, 0.2) is 5.11 Å². The number of hydrogen-bond acceptors (Lipinski definition) is 6.